The van der Waals surface area contributed by atoms with E-state index in [0.717, 1.165) is 0 Å². The lowest BCUT2D eigenvalue weighted by Gasteiger charge is -2.34. The first-order valence-electron chi connectivity index (χ1n) is 14.3. The second-order valence-electron chi connectivity index (χ2n) is 15.6. The Kier molecular flexibility index (Phi) is 9.76. The van der Waals surface area contributed by atoms with Crippen LogP contribution < -0.4 is 9.41 Å². The Hall–Kier alpha value is -0.926. The first-order valence-corrected chi connectivity index (χ1v) is 31.4. The third-order valence-corrected chi connectivity index (χ3v) is 10.3. The van der Waals surface area contributed by atoms with E-state index in [0.29, 0.717) is 29.6 Å². The Bertz CT molecular complexity index is 1160. The number of nitrogens with one attached hydrogen (secondary N) is 1. The molecule has 0 saturated carbocycles. The van der Waals surface area contributed by atoms with E-state index in [1.54, 1.807) is 6.33 Å². The first kappa shape index (κ1) is 33.6. The minimum absolute atomic E-state index is 0.267. The molecule has 1 unspecified atom stereocenters. The van der Waals surface area contributed by atoms with E-state index in [2.05, 4.69) is 103 Å². The molecule has 40 heavy (non-hydrogen) atoms. The zero-order chi connectivity index (χ0) is 30.5. The highest BCUT2D eigenvalue weighted by Gasteiger charge is 2.50. The fraction of sp³-hybridized carbons (Fsp3) is 0.800. The van der Waals surface area contributed by atoms with Gasteiger partial charge < -0.3 is 27.4 Å². The molecule has 0 bridgehead atoms. The molecule has 1 N–H and O–H groups in total. The third kappa shape index (κ3) is 9.83. The first-order chi connectivity index (χ1) is 17.9. The number of imidazole rings is 1. The lowest BCUT2D eigenvalue weighted by molar-refractivity contribution is -0.0456. The molecular weight excluding hydrogens is 591 g/mol. The van der Waals surface area contributed by atoms with Crippen molar-refractivity contribution >= 4 is 58.6 Å². The van der Waals surface area contributed by atoms with Crippen molar-refractivity contribution in [2.75, 3.05) is 11.6 Å². The van der Waals surface area contributed by atoms with Crippen LogP contribution in [0.5, 0.6) is 5.88 Å². The minimum atomic E-state index is -2.00. The molecule has 1 fully saturated rings. The molecule has 10 nitrogen and oxygen atoms in total. The number of ether oxygens (including phenoxy) is 1. The second kappa shape index (κ2) is 11.6. The molecule has 15 heteroatoms. The van der Waals surface area contributed by atoms with Crippen molar-refractivity contribution in [1.82, 2.24) is 19.5 Å². The largest absolute Gasteiger partial charge is 0.530 e. The number of anilines is 1. The molecule has 0 aromatic carbocycles. The molecule has 2 aromatic heterocycles. The molecule has 1 aliphatic rings. The summed E-state index contributed by atoms with van der Waals surface area (Å²) in [7, 11) is -9.47. The highest BCUT2D eigenvalue weighted by molar-refractivity contribution is 6.79. The summed E-state index contributed by atoms with van der Waals surface area (Å²) >= 11 is 0. The Balaban J connectivity index is 2.17. The molecular formula is C25H53N5O5Si5. The average Bonchev–Trinajstić information content (AvgIpc) is 3.23. The molecule has 4 atom stereocenters. The van der Waals surface area contributed by atoms with Crippen LogP contribution in [0.4, 0.5) is 5.95 Å². The van der Waals surface area contributed by atoms with Gasteiger partial charge in [0.1, 0.15) is 26.5 Å². The van der Waals surface area contributed by atoms with Crippen molar-refractivity contribution in [3.05, 3.63) is 6.33 Å². The Morgan fingerprint density at radius 3 is 1.85 bits per heavy atom. The maximum absolute atomic E-state index is 6.87. The van der Waals surface area contributed by atoms with Crippen LogP contribution in [0.25, 0.3) is 11.2 Å². The molecule has 0 spiro atoms. The molecule has 228 valence electrons. The van der Waals surface area contributed by atoms with Crippen molar-refractivity contribution in [2.45, 2.75) is 123 Å². The van der Waals surface area contributed by atoms with Crippen LogP contribution in [-0.2, 0) is 18.0 Å². The molecule has 1 saturated heterocycles. The van der Waals surface area contributed by atoms with Gasteiger partial charge in [-0.2, -0.15) is 9.97 Å². The van der Waals surface area contributed by atoms with Gasteiger partial charge >= 0.3 is 0 Å². The summed E-state index contributed by atoms with van der Waals surface area (Å²) in [6.45, 7) is 33.3. The predicted molar refractivity (Wildman–Crippen MR) is 176 cm³/mol. The van der Waals surface area contributed by atoms with Gasteiger partial charge in [-0.25, -0.2) is 4.98 Å². The second-order valence-corrected chi connectivity index (χ2v) is 38.3. The monoisotopic (exact) mass is 643 g/mol. The normalized spacial score (nSPS) is 23.2. The smallest absolute Gasteiger partial charge is 0.244 e. The molecule has 0 radical (unpaired) electrons. The minimum Gasteiger partial charge on any atom is -0.530 e. The van der Waals surface area contributed by atoms with E-state index in [4.69, 9.17) is 37.4 Å². The van der Waals surface area contributed by atoms with E-state index in [1.165, 1.54) is 0 Å². The summed E-state index contributed by atoms with van der Waals surface area (Å²) in [6, 6.07) is 0. The quantitative estimate of drug-likeness (QED) is 0.261. The highest BCUT2D eigenvalue weighted by Crippen LogP contribution is 2.39. The molecule has 3 heterocycles. The Morgan fingerprint density at radius 1 is 0.775 bits per heavy atom. The molecule has 0 amide bonds. The molecule has 1 aliphatic heterocycles. The van der Waals surface area contributed by atoms with Gasteiger partial charge in [0.2, 0.25) is 20.1 Å². The van der Waals surface area contributed by atoms with Gasteiger partial charge in [-0.3, -0.25) is 4.57 Å². The summed E-state index contributed by atoms with van der Waals surface area (Å²) in [6.07, 6.45) is 0.420. The van der Waals surface area contributed by atoms with Crippen molar-refractivity contribution in [3.63, 3.8) is 0 Å². The van der Waals surface area contributed by atoms with Crippen LogP contribution in [0.2, 0.25) is 98.2 Å². The van der Waals surface area contributed by atoms with Crippen LogP contribution in [-0.4, -0.2) is 85.9 Å². The predicted octanol–water partition coefficient (Wildman–Crippen LogP) is 6.48. The van der Waals surface area contributed by atoms with Crippen molar-refractivity contribution in [3.8, 4) is 5.88 Å². The fourth-order valence-corrected chi connectivity index (χ4v) is 8.65. The molecule has 2 aromatic rings. The topological polar surface area (TPSA) is 102 Å². The van der Waals surface area contributed by atoms with E-state index >= 15 is 0 Å². The van der Waals surface area contributed by atoms with Crippen molar-refractivity contribution < 1.29 is 22.4 Å². The van der Waals surface area contributed by atoms with Crippen LogP contribution in [0, 0.1) is 0 Å². The summed E-state index contributed by atoms with van der Waals surface area (Å²) in [5.74, 6) is 1.06. The number of hydrogen-bond donors (Lipinski definition) is 1. The summed E-state index contributed by atoms with van der Waals surface area (Å²) in [5, 5.41) is 0. The Morgan fingerprint density at radius 2 is 1.35 bits per heavy atom. The van der Waals surface area contributed by atoms with Gasteiger partial charge in [0.05, 0.1) is 12.9 Å². The zero-order valence-corrected chi connectivity index (χ0v) is 32.4. The summed E-state index contributed by atoms with van der Waals surface area (Å²) < 4.78 is 35.3. The SMILES string of the molecule is C[Si](C)(C)Nc1nc(O[Si](C)(C)C)c2ncn([C@H]3O[C@@H](CO[Si](C)(C)C)[C@@H](O[Si](C)(C)C)C3O[Si](C)(C)C)c2n1. The Labute approximate surface area is 246 Å². The number of fused-ring (bicyclic) bond motifs is 1. The van der Waals surface area contributed by atoms with Gasteiger partial charge in [0.25, 0.3) is 0 Å². The lowest BCUT2D eigenvalue weighted by atomic mass is 10.1. The molecule has 3 rings (SSSR count). The maximum Gasteiger partial charge on any atom is 0.244 e. The number of hydrogen-bond acceptors (Lipinski definition) is 9. The van der Waals surface area contributed by atoms with Crippen molar-refractivity contribution in [2.24, 2.45) is 0 Å². The maximum atomic E-state index is 6.87. The van der Waals surface area contributed by atoms with E-state index < -0.39 is 47.7 Å². The van der Waals surface area contributed by atoms with Crippen LogP contribution in [0.15, 0.2) is 6.33 Å². The van der Waals surface area contributed by atoms with Crippen LogP contribution in [0.1, 0.15) is 6.23 Å². The third-order valence-electron chi connectivity index (χ3n) is 5.50. The number of aromatic nitrogens is 4. The fourth-order valence-electron chi connectivity index (χ4n) is 4.31. The van der Waals surface area contributed by atoms with Gasteiger partial charge in [-0.1, -0.05) is 19.6 Å². The number of nitrogens with zero attached hydrogens (tertiary/aromatic N) is 4. The summed E-state index contributed by atoms with van der Waals surface area (Å²) in [4.78, 5) is 18.1. The highest BCUT2D eigenvalue weighted by atomic mass is 28.4. The van der Waals surface area contributed by atoms with E-state index in [-0.39, 0.29) is 18.3 Å². The van der Waals surface area contributed by atoms with Gasteiger partial charge in [-0.05, 0) is 78.6 Å². The number of rotatable bonds is 12. The van der Waals surface area contributed by atoms with E-state index in [1.807, 2.05) is 4.57 Å². The lowest BCUT2D eigenvalue weighted by Crippen LogP contribution is -2.48. The van der Waals surface area contributed by atoms with Crippen LogP contribution in [0.3, 0.4) is 0 Å². The standard InChI is InChI=1S/C25H53N5O5Si5/c1-36(2,3)29-25-27-22-19(23(28-25)35-40(13,14)15)26-17-30(22)24-21(34-39(10,11)12)20(33-38(7,8)9)18(32-24)16-31-37(4,5)6/h17-18,20-21,24H,16H2,1-15H3,(H,27,28,29)/t18-,20+,21?,24-/m0/s1. The van der Waals surface area contributed by atoms with Gasteiger partial charge in [-0.15, -0.1) is 0 Å². The van der Waals surface area contributed by atoms with Gasteiger partial charge in [0, 0.05) is 0 Å². The zero-order valence-electron chi connectivity index (χ0n) is 27.4. The van der Waals surface area contributed by atoms with E-state index in [9.17, 15) is 0 Å². The van der Waals surface area contributed by atoms with Crippen LogP contribution >= 0.6 is 0 Å². The molecule has 0 aliphatic carbocycles. The van der Waals surface area contributed by atoms with Gasteiger partial charge in [0.15, 0.2) is 42.3 Å². The van der Waals surface area contributed by atoms with Crippen molar-refractivity contribution in [1.29, 1.82) is 0 Å². The summed E-state index contributed by atoms with van der Waals surface area (Å²) in [5.41, 5.74) is 1.29. The average molecular weight is 644 g/mol.